The minimum atomic E-state index is -0.747. The van der Waals surface area contributed by atoms with Crippen molar-refractivity contribution < 1.29 is 14.7 Å². The number of fused-ring (bicyclic) bond motifs is 1. The third-order valence-corrected chi connectivity index (χ3v) is 4.57. The van der Waals surface area contributed by atoms with Crippen LogP contribution in [-0.4, -0.2) is 41.6 Å². The summed E-state index contributed by atoms with van der Waals surface area (Å²) in [5.41, 5.74) is 0.278. The summed E-state index contributed by atoms with van der Waals surface area (Å²) >= 11 is 0. The average molecular weight is 266 g/mol. The summed E-state index contributed by atoms with van der Waals surface area (Å²) in [4.78, 5) is 25.2. The largest absolute Gasteiger partial charge is 0.481 e. The smallest absolute Gasteiger partial charge is 0.317 e. The van der Waals surface area contributed by atoms with Crippen molar-refractivity contribution in [1.82, 2.24) is 10.2 Å². The van der Waals surface area contributed by atoms with Crippen LogP contribution in [0.15, 0.2) is 12.2 Å². The molecule has 0 spiro atoms. The van der Waals surface area contributed by atoms with Crippen LogP contribution in [0.4, 0.5) is 4.79 Å². The quantitative estimate of drug-likeness (QED) is 0.763. The molecule has 0 aromatic carbocycles. The van der Waals surface area contributed by atoms with Gasteiger partial charge in [-0.1, -0.05) is 25.5 Å². The maximum absolute atomic E-state index is 12.0. The Morgan fingerprint density at radius 3 is 2.84 bits per heavy atom. The van der Waals surface area contributed by atoms with Gasteiger partial charge in [-0.15, -0.1) is 0 Å². The number of likely N-dealkylation sites (tertiary alicyclic amines) is 1. The van der Waals surface area contributed by atoms with Crippen LogP contribution >= 0.6 is 0 Å². The maximum Gasteiger partial charge on any atom is 0.317 e. The lowest BCUT2D eigenvalue weighted by molar-refractivity contribution is -0.149. The lowest BCUT2D eigenvalue weighted by Crippen LogP contribution is -2.42. The molecule has 2 rings (SSSR count). The molecule has 1 saturated heterocycles. The van der Waals surface area contributed by atoms with E-state index in [1.807, 2.05) is 6.92 Å². The zero-order valence-electron chi connectivity index (χ0n) is 11.4. The Kier molecular flexibility index (Phi) is 3.83. The summed E-state index contributed by atoms with van der Waals surface area (Å²) in [6, 6.07) is -0.162. The highest BCUT2D eigenvalue weighted by molar-refractivity contribution is 5.80. The molecular formula is C14H22N2O3. The second-order valence-corrected chi connectivity index (χ2v) is 5.69. The van der Waals surface area contributed by atoms with Gasteiger partial charge in [-0.05, 0) is 25.2 Å². The minimum Gasteiger partial charge on any atom is -0.481 e. The molecule has 1 aliphatic heterocycles. The molecule has 0 aromatic heterocycles. The third-order valence-electron chi connectivity index (χ3n) is 4.57. The van der Waals surface area contributed by atoms with Crippen LogP contribution in [0.2, 0.25) is 0 Å². The summed E-state index contributed by atoms with van der Waals surface area (Å²) in [6.45, 7) is 7.22. The standard InChI is InChI=1S/C14H22N2O3/c1-3-10(2)7-15-13(19)16-8-11-5-4-6-14(11,9-16)12(17)18/h11H,2-9H2,1H3,(H,15,19)(H,17,18)/t11-,14+/m0/s1. The van der Waals surface area contributed by atoms with Gasteiger partial charge in [-0.3, -0.25) is 4.79 Å². The Bertz CT molecular complexity index is 407. The summed E-state index contributed by atoms with van der Waals surface area (Å²) in [6.07, 6.45) is 3.40. The van der Waals surface area contributed by atoms with Crippen LogP contribution in [0.25, 0.3) is 0 Å². The number of carbonyl (C=O) groups is 2. The van der Waals surface area contributed by atoms with E-state index in [9.17, 15) is 14.7 Å². The number of carbonyl (C=O) groups excluding carboxylic acids is 1. The summed E-state index contributed by atoms with van der Waals surface area (Å²) in [5, 5.41) is 12.3. The topological polar surface area (TPSA) is 69.6 Å². The molecule has 19 heavy (non-hydrogen) atoms. The van der Waals surface area contributed by atoms with Gasteiger partial charge in [0.05, 0.1) is 5.41 Å². The molecule has 5 heteroatoms. The van der Waals surface area contributed by atoms with Crippen LogP contribution in [0.3, 0.4) is 0 Å². The van der Waals surface area contributed by atoms with Gasteiger partial charge in [0.1, 0.15) is 0 Å². The van der Waals surface area contributed by atoms with Gasteiger partial charge in [0, 0.05) is 19.6 Å². The molecule has 2 atom stereocenters. The van der Waals surface area contributed by atoms with Crippen LogP contribution in [0.1, 0.15) is 32.6 Å². The van der Waals surface area contributed by atoms with Crippen LogP contribution in [-0.2, 0) is 4.79 Å². The van der Waals surface area contributed by atoms with E-state index in [4.69, 9.17) is 0 Å². The first-order valence-electron chi connectivity index (χ1n) is 6.92. The first-order valence-corrected chi connectivity index (χ1v) is 6.92. The fraction of sp³-hybridized carbons (Fsp3) is 0.714. The van der Waals surface area contributed by atoms with Crippen LogP contribution < -0.4 is 5.32 Å². The predicted molar refractivity (Wildman–Crippen MR) is 71.8 cm³/mol. The van der Waals surface area contributed by atoms with E-state index in [2.05, 4.69) is 11.9 Å². The van der Waals surface area contributed by atoms with Crippen molar-refractivity contribution >= 4 is 12.0 Å². The van der Waals surface area contributed by atoms with Crippen molar-refractivity contribution in [3.05, 3.63) is 12.2 Å². The number of nitrogens with zero attached hydrogens (tertiary/aromatic N) is 1. The number of carboxylic acid groups (broad SMARTS) is 1. The molecule has 2 amide bonds. The number of rotatable bonds is 4. The van der Waals surface area contributed by atoms with Crippen molar-refractivity contribution in [2.45, 2.75) is 32.6 Å². The van der Waals surface area contributed by atoms with E-state index in [1.165, 1.54) is 0 Å². The zero-order valence-corrected chi connectivity index (χ0v) is 11.4. The molecule has 2 N–H and O–H groups in total. The SMILES string of the molecule is C=C(CC)CNC(=O)N1C[C@@H]2CCC[C@@]2(C(=O)O)C1. The highest BCUT2D eigenvalue weighted by Gasteiger charge is 2.55. The van der Waals surface area contributed by atoms with Crippen molar-refractivity contribution in [3.8, 4) is 0 Å². The molecule has 0 unspecified atom stereocenters. The van der Waals surface area contributed by atoms with E-state index in [0.717, 1.165) is 24.8 Å². The molecule has 0 aromatic rings. The molecule has 2 fully saturated rings. The van der Waals surface area contributed by atoms with E-state index in [-0.39, 0.29) is 11.9 Å². The maximum atomic E-state index is 12.0. The normalized spacial score (nSPS) is 29.1. The monoisotopic (exact) mass is 266 g/mol. The van der Waals surface area contributed by atoms with Crippen LogP contribution in [0.5, 0.6) is 0 Å². The molecule has 0 radical (unpaired) electrons. The summed E-state index contributed by atoms with van der Waals surface area (Å²) in [5.74, 6) is -0.631. The molecular weight excluding hydrogens is 244 g/mol. The number of aliphatic carboxylic acids is 1. The summed E-state index contributed by atoms with van der Waals surface area (Å²) in [7, 11) is 0. The van der Waals surface area contributed by atoms with Gasteiger partial charge in [0.25, 0.3) is 0 Å². The lowest BCUT2D eigenvalue weighted by atomic mass is 9.81. The summed E-state index contributed by atoms with van der Waals surface area (Å²) < 4.78 is 0. The molecule has 1 aliphatic carbocycles. The second-order valence-electron chi connectivity index (χ2n) is 5.69. The van der Waals surface area contributed by atoms with E-state index in [0.29, 0.717) is 26.1 Å². The van der Waals surface area contributed by atoms with Crippen LogP contribution in [0, 0.1) is 11.3 Å². The molecule has 1 heterocycles. The van der Waals surface area contributed by atoms with Crippen molar-refractivity contribution in [2.24, 2.45) is 11.3 Å². The third kappa shape index (κ3) is 2.46. The van der Waals surface area contributed by atoms with E-state index in [1.54, 1.807) is 4.90 Å². The highest BCUT2D eigenvalue weighted by atomic mass is 16.4. The first kappa shape index (κ1) is 13.9. The Hall–Kier alpha value is -1.52. The molecule has 1 saturated carbocycles. The highest BCUT2D eigenvalue weighted by Crippen LogP contribution is 2.48. The van der Waals surface area contributed by atoms with Crippen molar-refractivity contribution in [3.63, 3.8) is 0 Å². The Morgan fingerprint density at radius 1 is 1.53 bits per heavy atom. The molecule has 0 bridgehead atoms. The average Bonchev–Trinajstić information content (AvgIpc) is 2.92. The Balaban J connectivity index is 1.96. The number of hydrogen-bond donors (Lipinski definition) is 2. The van der Waals surface area contributed by atoms with Crippen molar-refractivity contribution in [1.29, 1.82) is 0 Å². The van der Waals surface area contributed by atoms with Gasteiger partial charge in [-0.25, -0.2) is 4.79 Å². The van der Waals surface area contributed by atoms with E-state index < -0.39 is 11.4 Å². The van der Waals surface area contributed by atoms with Gasteiger partial charge in [0.2, 0.25) is 0 Å². The fourth-order valence-corrected chi connectivity index (χ4v) is 3.23. The first-order chi connectivity index (χ1) is 8.99. The lowest BCUT2D eigenvalue weighted by Gasteiger charge is -2.23. The number of urea groups is 1. The Morgan fingerprint density at radius 2 is 2.26 bits per heavy atom. The van der Waals surface area contributed by atoms with Gasteiger partial charge < -0.3 is 15.3 Å². The second kappa shape index (κ2) is 5.23. The number of hydrogen-bond acceptors (Lipinski definition) is 2. The molecule has 2 aliphatic rings. The number of nitrogens with one attached hydrogen (secondary N) is 1. The zero-order chi connectivity index (χ0) is 14.0. The predicted octanol–water partition coefficient (Wildman–Crippen LogP) is 1.85. The Labute approximate surface area is 113 Å². The molecule has 5 nitrogen and oxygen atoms in total. The van der Waals surface area contributed by atoms with Crippen molar-refractivity contribution in [2.75, 3.05) is 19.6 Å². The van der Waals surface area contributed by atoms with Gasteiger partial charge in [-0.2, -0.15) is 0 Å². The van der Waals surface area contributed by atoms with E-state index >= 15 is 0 Å². The number of carboxylic acids is 1. The van der Waals surface area contributed by atoms with Gasteiger partial charge in [0.15, 0.2) is 0 Å². The van der Waals surface area contributed by atoms with Gasteiger partial charge >= 0.3 is 12.0 Å². The minimum absolute atomic E-state index is 0.116. The molecule has 106 valence electrons. The number of amides is 2. The fourth-order valence-electron chi connectivity index (χ4n) is 3.23.